The third-order valence-corrected chi connectivity index (χ3v) is 4.30. The van der Waals surface area contributed by atoms with Crippen molar-refractivity contribution in [3.05, 3.63) is 24.0 Å². The van der Waals surface area contributed by atoms with Gasteiger partial charge in [0.1, 0.15) is 23.5 Å². The first kappa shape index (κ1) is 16.6. The van der Waals surface area contributed by atoms with Crippen LogP contribution in [0.25, 0.3) is 0 Å². The Labute approximate surface area is 131 Å². The summed E-state index contributed by atoms with van der Waals surface area (Å²) in [5.41, 5.74) is 0.0661. The van der Waals surface area contributed by atoms with E-state index in [1.54, 1.807) is 6.08 Å². The highest BCUT2D eigenvalue weighted by Gasteiger charge is 2.43. The molecular formula is C17H25NO4. The van der Waals surface area contributed by atoms with Crippen molar-refractivity contribution in [2.24, 2.45) is 5.16 Å². The van der Waals surface area contributed by atoms with Gasteiger partial charge in [-0.05, 0) is 32.1 Å². The fraction of sp³-hybridized carbons (Fsp3) is 0.647. The maximum atomic E-state index is 12.4. The first-order chi connectivity index (χ1) is 10.6. The van der Waals surface area contributed by atoms with E-state index in [9.17, 15) is 9.90 Å². The molecule has 122 valence electrons. The van der Waals surface area contributed by atoms with E-state index in [1.165, 1.54) is 0 Å². The molecule has 0 aromatic heterocycles. The van der Waals surface area contributed by atoms with Crippen LogP contribution in [0.5, 0.6) is 0 Å². The molecule has 1 spiro atoms. The summed E-state index contributed by atoms with van der Waals surface area (Å²) < 4.78 is 5.75. The van der Waals surface area contributed by atoms with E-state index in [0.29, 0.717) is 18.6 Å². The Bertz CT molecular complexity index is 485. The molecule has 0 amide bonds. The molecule has 0 bridgehead atoms. The fourth-order valence-corrected chi connectivity index (χ4v) is 3.19. The van der Waals surface area contributed by atoms with Gasteiger partial charge in [0.15, 0.2) is 0 Å². The number of hydrogen-bond acceptors (Lipinski definition) is 5. The molecule has 0 atom stereocenters. The zero-order valence-corrected chi connectivity index (χ0v) is 13.3. The van der Waals surface area contributed by atoms with Crippen molar-refractivity contribution < 1.29 is 19.5 Å². The second-order valence-corrected chi connectivity index (χ2v) is 5.96. The second kappa shape index (κ2) is 7.47. The summed E-state index contributed by atoms with van der Waals surface area (Å²) in [6.45, 7) is 5.67. The van der Waals surface area contributed by atoms with E-state index < -0.39 is 11.6 Å². The number of rotatable bonds is 5. The Kier molecular flexibility index (Phi) is 5.63. The van der Waals surface area contributed by atoms with Crippen LogP contribution in [0.1, 0.15) is 58.3 Å². The molecule has 2 aliphatic rings. The molecule has 0 radical (unpaired) electrons. The molecule has 1 aliphatic carbocycles. The molecule has 5 nitrogen and oxygen atoms in total. The Balaban J connectivity index is 2.22. The summed E-state index contributed by atoms with van der Waals surface area (Å²) >= 11 is 0. The minimum atomic E-state index is -0.526. The number of hydrogen-bond donors (Lipinski definition) is 1. The maximum absolute atomic E-state index is 12.4. The molecule has 22 heavy (non-hydrogen) atoms. The number of carbonyl (C=O) groups excluding carboxylic acids is 1. The predicted octanol–water partition coefficient (Wildman–Crippen LogP) is 3.81. The quantitative estimate of drug-likeness (QED) is 0.276. The van der Waals surface area contributed by atoms with Crippen LogP contribution in [0.4, 0.5) is 0 Å². The van der Waals surface area contributed by atoms with E-state index in [0.717, 1.165) is 38.5 Å². The maximum Gasteiger partial charge on any atom is 0.344 e. The summed E-state index contributed by atoms with van der Waals surface area (Å²) in [6.07, 6.45) is 8.47. The Morgan fingerprint density at radius 1 is 1.41 bits per heavy atom. The van der Waals surface area contributed by atoms with Crippen molar-refractivity contribution in [2.45, 2.75) is 63.9 Å². The highest BCUT2D eigenvalue weighted by Crippen LogP contribution is 2.39. The van der Waals surface area contributed by atoms with Crippen LogP contribution < -0.4 is 0 Å². The van der Waals surface area contributed by atoms with Crippen LogP contribution in [0, 0.1) is 0 Å². The Morgan fingerprint density at radius 3 is 2.64 bits per heavy atom. The van der Waals surface area contributed by atoms with Gasteiger partial charge in [-0.3, -0.25) is 0 Å². The van der Waals surface area contributed by atoms with E-state index in [2.05, 4.69) is 11.7 Å². The summed E-state index contributed by atoms with van der Waals surface area (Å²) in [7, 11) is 0. The normalized spacial score (nSPS) is 22.2. The molecule has 1 heterocycles. The highest BCUT2D eigenvalue weighted by atomic mass is 16.6. The number of oxime groups is 1. The number of aliphatic hydroxyl groups is 1. The lowest BCUT2D eigenvalue weighted by molar-refractivity contribution is -0.159. The third kappa shape index (κ3) is 3.70. The smallest absolute Gasteiger partial charge is 0.344 e. The zero-order chi connectivity index (χ0) is 16.0. The van der Waals surface area contributed by atoms with Crippen LogP contribution in [0.2, 0.25) is 0 Å². The van der Waals surface area contributed by atoms with Crippen molar-refractivity contribution in [3.63, 3.8) is 0 Å². The van der Waals surface area contributed by atoms with Gasteiger partial charge in [0.2, 0.25) is 0 Å². The molecule has 1 saturated carbocycles. The topological polar surface area (TPSA) is 68.1 Å². The SMILES string of the molecule is C=CCON=C(CC)C1=C(O)CC2(CCCCCC2)OC1=O. The molecule has 0 unspecified atom stereocenters. The van der Waals surface area contributed by atoms with Crippen molar-refractivity contribution in [2.75, 3.05) is 6.61 Å². The van der Waals surface area contributed by atoms with Gasteiger partial charge in [0.25, 0.3) is 0 Å². The Hall–Kier alpha value is -1.78. The lowest BCUT2D eigenvalue weighted by Crippen LogP contribution is -2.41. The molecule has 1 N–H and O–H groups in total. The lowest BCUT2D eigenvalue weighted by Gasteiger charge is -2.36. The van der Waals surface area contributed by atoms with Gasteiger partial charge in [0.05, 0.1) is 5.71 Å². The van der Waals surface area contributed by atoms with Gasteiger partial charge >= 0.3 is 5.97 Å². The van der Waals surface area contributed by atoms with E-state index in [-0.39, 0.29) is 17.9 Å². The van der Waals surface area contributed by atoms with E-state index in [1.807, 2.05) is 6.92 Å². The molecular weight excluding hydrogens is 282 g/mol. The summed E-state index contributed by atoms with van der Waals surface area (Å²) in [5.74, 6) is -0.394. The fourth-order valence-electron chi connectivity index (χ4n) is 3.19. The van der Waals surface area contributed by atoms with Crippen LogP contribution in [-0.4, -0.2) is 29.0 Å². The number of nitrogens with zero attached hydrogens (tertiary/aromatic N) is 1. The first-order valence-corrected chi connectivity index (χ1v) is 8.07. The predicted molar refractivity (Wildman–Crippen MR) is 84.7 cm³/mol. The summed E-state index contributed by atoms with van der Waals surface area (Å²) in [4.78, 5) is 17.5. The lowest BCUT2D eigenvalue weighted by atomic mass is 9.85. The van der Waals surface area contributed by atoms with Gasteiger partial charge in [0, 0.05) is 6.42 Å². The van der Waals surface area contributed by atoms with Crippen LogP contribution in [0.3, 0.4) is 0 Å². The average Bonchev–Trinajstić information content (AvgIpc) is 2.70. The Morgan fingerprint density at radius 2 is 2.09 bits per heavy atom. The van der Waals surface area contributed by atoms with Crippen molar-refractivity contribution in [1.82, 2.24) is 0 Å². The molecule has 0 aromatic rings. The van der Waals surface area contributed by atoms with E-state index in [4.69, 9.17) is 9.57 Å². The van der Waals surface area contributed by atoms with Crippen LogP contribution >= 0.6 is 0 Å². The molecule has 2 rings (SSSR count). The van der Waals surface area contributed by atoms with Gasteiger partial charge in [-0.15, -0.1) is 0 Å². The molecule has 1 fully saturated rings. The van der Waals surface area contributed by atoms with Crippen molar-refractivity contribution >= 4 is 11.7 Å². The van der Waals surface area contributed by atoms with Gasteiger partial charge < -0.3 is 14.7 Å². The number of aliphatic hydroxyl groups excluding tert-OH is 1. The third-order valence-electron chi connectivity index (χ3n) is 4.30. The van der Waals surface area contributed by atoms with Gasteiger partial charge in [-0.25, -0.2) is 4.79 Å². The zero-order valence-electron chi connectivity index (χ0n) is 13.3. The number of esters is 1. The molecule has 0 saturated heterocycles. The molecule has 0 aromatic carbocycles. The monoisotopic (exact) mass is 307 g/mol. The minimum absolute atomic E-state index is 0.0842. The van der Waals surface area contributed by atoms with E-state index >= 15 is 0 Å². The van der Waals surface area contributed by atoms with Crippen LogP contribution in [-0.2, 0) is 14.4 Å². The van der Waals surface area contributed by atoms with Crippen molar-refractivity contribution in [3.8, 4) is 0 Å². The molecule has 1 aliphatic heterocycles. The number of ether oxygens (including phenoxy) is 1. The van der Waals surface area contributed by atoms with Crippen molar-refractivity contribution in [1.29, 1.82) is 0 Å². The average molecular weight is 307 g/mol. The molecule has 5 heteroatoms. The minimum Gasteiger partial charge on any atom is -0.511 e. The van der Waals surface area contributed by atoms with Gasteiger partial charge in [-0.2, -0.15) is 0 Å². The largest absolute Gasteiger partial charge is 0.511 e. The highest BCUT2D eigenvalue weighted by molar-refractivity contribution is 6.20. The van der Waals surface area contributed by atoms with Gasteiger partial charge in [-0.1, -0.05) is 37.6 Å². The summed E-state index contributed by atoms with van der Waals surface area (Å²) in [6, 6.07) is 0. The van der Waals surface area contributed by atoms with Crippen LogP contribution in [0.15, 0.2) is 29.1 Å². The summed E-state index contributed by atoms with van der Waals surface area (Å²) in [5, 5.41) is 14.4. The number of carbonyl (C=O) groups is 1. The second-order valence-electron chi connectivity index (χ2n) is 5.96. The first-order valence-electron chi connectivity index (χ1n) is 8.07. The standard InChI is InChI=1S/C17H25NO4/c1-3-11-21-18-13(4-2)15-14(19)12-17(22-16(15)20)9-7-5-6-8-10-17/h3,19H,1,4-12H2,2H3.